The number of methoxy groups -OCH3 is 1. The van der Waals surface area contributed by atoms with E-state index < -0.39 is 88.8 Å². The number of Topliss-reactive ketones (excluding diaryl/α,β-unsaturated/α-hetero) is 1. The van der Waals surface area contributed by atoms with E-state index in [4.69, 9.17) is 18.9 Å². The van der Waals surface area contributed by atoms with Gasteiger partial charge in [-0.25, -0.2) is 0 Å². The van der Waals surface area contributed by atoms with Gasteiger partial charge in [0.15, 0.2) is 5.75 Å². The van der Waals surface area contributed by atoms with Gasteiger partial charge in [0.25, 0.3) is 11.7 Å². The first-order valence-corrected chi connectivity index (χ1v) is 19.0. The molecule has 5 rings (SSSR count). The molecule has 3 aliphatic heterocycles. The number of esters is 1. The number of phenols is 3. The minimum atomic E-state index is -2.01. The van der Waals surface area contributed by atoms with Crippen molar-refractivity contribution in [3.8, 4) is 23.0 Å². The molecule has 0 spiro atoms. The number of allylic oxidation sites excluding steroid dienone is 2. The SMILES string of the molecule is CCN(CC)Cc1c2c(O)c3c(O)c(C)c4c(c3c1O)C(=O)[C@@](C)(O/C=C/[C@H](OC)[C@H](C)[C@@H](OC(C)=O)[C@@H](C)[C@H](O)[C@H](C)[C@@H](O)[C@@H](C)/C=C/C=C(/C)C(=O)N2)O4. The maximum absolute atomic E-state index is 14.4. The van der Waals surface area contributed by atoms with E-state index in [2.05, 4.69) is 5.32 Å². The first-order chi connectivity index (χ1) is 26.3. The number of anilines is 1. The lowest BCUT2D eigenvalue weighted by atomic mass is 9.78. The Kier molecular flexibility index (Phi) is 13.9. The minimum Gasteiger partial charge on any atom is -0.507 e. The zero-order valence-corrected chi connectivity index (χ0v) is 34.2. The number of ketones is 1. The molecule has 0 radical (unpaired) electrons. The molecule has 0 saturated heterocycles. The first-order valence-electron chi connectivity index (χ1n) is 19.0. The Hall–Kier alpha value is -4.63. The second-order valence-corrected chi connectivity index (χ2v) is 15.1. The van der Waals surface area contributed by atoms with Crippen LogP contribution < -0.4 is 10.1 Å². The highest BCUT2D eigenvalue weighted by molar-refractivity contribution is 6.22. The molecule has 2 aromatic rings. The number of nitrogens with zero attached hydrogens (tertiary/aromatic N) is 1. The van der Waals surface area contributed by atoms with Crippen molar-refractivity contribution in [3.63, 3.8) is 0 Å². The third-order valence-electron chi connectivity index (χ3n) is 11.4. The number of nitrogens with one attached hydrogen (secondary N) is 1. The lowest BCUT2D eigenvalue weighted by Crippen LogP contribution is -2.46. The summed E-state index contributed by atoms with van der Waals surface area (Å²) in [6.45, 7) is 17.6. The molecule has 5 bridgehead atoms. The van der Waals surface area contributed by atoms with Gasteiger partial charge in [-0.2, -0.15) is 0 Å². The van der Waals surface area contributed by atoms with Gasteiger partial charge in [0.2, 0.25) is 0 Å². The summed E-state index contributed by atoms with van der Waals surface area (Å²) in [5.41, 5.74) is 0.117. The van der Waals surface area contributed by atoms with Crippen molar-refractivity contribution >= 4 is 34.1 Å². The zero-order valence-electron chi connectivity index (χ0n) is 34.2. The molecule has 14 heteroatoms. The summed E-state index contributed by atoms with van der Waals surface area (Å²) in [5.74, 6) is -7.91. The Labute approximate surface area is 328 Å². The van der Waals surface area contributed by atoms with E-state index in [9.17, 15) is 39.9 Å². The third-order valence-corrected chi connectivity index (χ3v) is 11.4. The highest BCUT2D eigenvalue weighted by Crippen LogP contribution is 2.55. The Bertz CT molecular complexity index is 1920. The number of rotatable bonds is 6. The Morgan fingerprint density at radius 1 is 0.929 bits per heavy atom. The Balaban J connectivity index is 1.98. The highest BCUT2D eigenvalue weighted by atomic mass is 16.7. The Morgan fingerprint density at radius 3 is 2.16 bits per heavy atom. The van der Waals surface area contributed by atoms with Crippen molar-refractivity contribution in [2.75, 3.05) is 25.5 Å². The number of carbonyl (C=O) groups excluding carboxylic acids is 3. The van der Waals surface area contributed by atoms with Crippen LogP contribution in [0.4, 0.5) is 5.69 Å². The fraction of sp³-hybridized carbons (Fsp3) is 0.548. The number of amides is 1. The summed E-state index contributed by atoms with van der Waals surface area (Å²) >= 11 is 0. The van der Waals surface area contributed by atoms with E-state index in [1.54, 1.807) is 46.8 Å². The molecule has 2 aromatic carbocycles. The van der Waals surface area contributed by atoms with Crippen molar-refractivity contribution in [2.45, 2.75) is 106 Å². The van der Waals surface area contributed by atoms with Gasteiger partial charge in [0.05, 0.1) is 41.2 Å². The molecule has 0 aromatic heterocycles. The van der Waals surface area contributed by atoms with Crippen LogP contribution in [0.2, 0.25) is 0 Å². The van der Waals surface area contributed by atoms with E-state index in [1.807, 2.05) is 18.7 Å². The van der Waals surface area contributed by atoms with Gasteiger partial charge in [0.1, 0.15) is 23.4 Å². The molecule has 3 heterocycles. The van der Waals surface area contributed by atoms with Gasteiger partial charge in [-0.3, -0.25) is 19.3 Å². The summed E-state index contributed by atoms with van der Waals surface area (Å²) in [6.07, 6.45) is 3.69. The van der Waals surface area contributed by atoms with Crippen LogP contribution in [0.25, 0.3) is 10.8 Å². The maximum atomic E-state index is 14.4. The summed E-state index contributed by atoms with van der Waals surface area (Å²) in [7, 11) is 1.44. The van der Waals surface area contributed by atoms with Crippen LogP contribution in [-0.2, 0) is 30.3 Å². The fourth-order valence-electron chi connectivity index (χ4n) is 7.61. The molecule has 14 nitrogen and oxygen atoms in total. The molecule has 6 N–H and O–H groups in total. The lowest BCUT2D eigenvalue weighted by molar-refractivity contribution is -0.160. The molecule has 308 valence electrons. The van der Waals surface area contributed by atoms with Crippen molar-refractivity contribution in [2.24, 2.45) is 23.7 Å². The average molecular weight is 783 g/mol. The van der Waals surface area contributed by atoms with Crippen LogP contribution in [0.3, 0.4) is 0 Å². The number of carbonyl (C=O) groups is 3. The standard InChI is InChI=1S/C42H58N2O12/c1-12-44(13-2)19-27-32-37(50)30-29(36(27)49)31-39(25(8)35(30)48)56-42(10,40(31)51)54-18-17-28(53-11)22(5)38(55-26(9)45)24(7)34(47)23(6)33(46)20(3)15-14-16-21(4)41(52)43-32/h14-18,20,22-24,28,33-34,38,46-50H,12-13,19H2,1-11H3,(H,43,52)/b15-14+,18-17+,21-16-/t20-,22-,23+,24-,28-,33-,34+,38+,42-/m0/s1. The number of benzene rings is 2. The fourth-order valence-corrected chi connectivity index (χ4v) is 7.61. The van der Waals surface area contributed by atoms with E-state index in [0.29, 0.717) is 13.1 Å². The minimum absolute atomic E-state index is 0.0541. The average Bonchev–Trinajstić information content (AvgIpc) is 3.43. The molecule has 1 amide bonds. The molecular formula is C42H58N2O12. The zero-order chi connectivity index (χ0) is 42.0. The second kappa shape index (κ2) is 17.7. The summed E-state index contributed by atoms with van der Waals surface area (Å²) < 4.78 is 23.6. The lowest BCUT2D eigenvalue weighted by Gasteiger charge is -2.38. The largest absolute Gasteiger partial charge is 0.507 e. The van der Waals surface area contributed by atoms with Gasteiger partial charge >= 0.3 is 11.8 Å². The number of aliphatic hydroxyl groups excluding tert-OH is 2. The maximum Gasteiger partial charge on any atom is 0.312 e. The molecule has 0 unspecified atom stereocenters. The molecule has 0 fully saturated rings. The number of fused-ring (bicyclic) bond motifs is 14. The predicted octanol–water partition coefficient (Wildman–Crippen LogP) is 5.60. The molecule has 3 aliphatic rings. The van der Waals surface area contributed by atoms with E-state index >= 15 is 0 Å². The van der Waals surface area contributed by atoms with Crippen molar-refractivity contribution in [1.82, 2.24) is 4.90 Å². The number of hydrogen-bond donors (Lipinski definition) is 6. The normalized spacial score (nSPS) is 31.1. The van der Waals surface area contributed by atoms with Crippen LogP contribution in [0.5, 0.6) is 23.0 Å². The summed E-state index contributed by atoms with van der Waals surface area (Å²) in [4.78, 5) is 42.3. The number of phenolic OH excluding ortho intramolecular Hbond substituents is 3. The van der Waals surface area contributed by atoms with Gasteiger partial charge in [-0.05, 0) is 33.0 Å². The number of aliphatic hydroxyl groups is 2. The van der Waals surface area contributed by atoms with Gasteiger partial charge in [0, 0.05) is 73.3 Å². The molecule has 0 aliphatic carbocycles. The number of aromatic hydroxyl groups is 3. The number of ether oxygens (including phenoxy) is 4. The summed E-state index contributed by atoms with van der Waals surface area (Å²) in [5, 5.41) is 60.5. The summed E-state index contributed by atoms with van der Waals surface area (Å²) in [6, 6.07) is 0. The highest BCUT2D eigenvalue weighted by Gasteiger charge is 2.50. The Morgan fingerprint density at radius 2 is 1.57 bits per heavy atom. The third kappa shape index (κ3) is 8.38. The topological polar surface area (TPSA) is 205 Å². The molecule has 9 atom stereocenters. The predicted molar refractivity (Wildman–Crippen MR) is 210 cm³/mol. The van der Waals surface area contributed by atoms with Crippen molar-refractivity contribution < 1.29 is 58.9 Å². The molecular weight excluding hydrogens is 724 g/mol. The smallest absolute Gasteiger partial charge is 0.312 e. The number of hydrogen-bond acceptors (Lipinski definition) is 13. The van der Waals surface area contributed by atoms with Crippen molar-refractivity contribution in [3.05, 3.63) is 52.8 Å². The van der Waals surface area contributed by atoms with E-state index in [1.165, 1.54) is 46.3 Å². The van der Waals surface area contributed by atoms with Gasteiger partial charge < -0.3 is 49.8 Å². The van der Waals surface area contributed by atoms with Crippen LogP contribution >= 0.6 is 0 Å². The van der Waals surface area contributed by atoms with Gasteiger partial charge in [-0.15, -0.1) is 0 Å². The van der Waals surface area contributed by atoms with E-state index in [-0.39, 0.29) is 51.0 Å². The van der Waals surface area contributed by atoms with Crippen LogP contribution in [0.15, 0.2) is 36.1 Å². The van der Waals surface area contributed by atoms with E-state index in [0.717, 1.165) is 0 Å². The van der Waals surface area contributed by atoms with Crippen molar-refractivity contribution in [1.29, 1.82) is 0 Å². The van der Waals surface area contributed by atoms with Crippen LogP contribution in [0, 0.1) is 30.6 Å². The quantitative estimate of drug-likeness (QED) is 0.120. The monoisotopic (exact) mass is 782 g/mol. The van der Waals surface area contributed by atoms with Gasteiger partial charge in [-0.1, -0.05) is 59.8 Å². The van der Waals surface area contributed by atoms with Crippen LogP contribution in [-0.4, -0.2) is 98.5 Å². The van der Waals surface area contributed by atoms with Crippen LogP contribution in [0.1, 0.15) is 83.8 Å². The molecule has 0 saturated carbocycles. The second-order valence-electron chi connectivity index (χ2n) is 15.1. The molecule has 56 heavy (non-hydrogen) atoms. The first kappa shape index (κ1) is 44.1.